The highest BCUT2D eigenvalue weighted by atomic mass is 32.2. The van der Waals surface area contributed by atoms with E-state index in [-0.39, 0.29) is 22.0 Å². The Kier molecular flexibility index (Phi) is 5.90. The lowest BCUT2D eigenvalue weighted by atomic mass is 9.92. The van der Waals surface area contributed by atoms with Crippen LogP contribution in [0.3, 0.4) is 0 Å². The van der Waals surface area contributed by atoms with E-state index in [1.807, 2.05) is 6.07 Å². The van der Waals surface area contributed by atoms with Crippen molar-refractivity contribution < 1.29 is 17.9 Å². The van der Waals surface area contributed by atoms with Gasteiger partial charge in [-0.25, -0.2) is 13.4 Å². The van der Waals surface area contributed by atoms with Crippen molar-refractivity contribution in [3.8, 4) is 6.07 Å². The van der Waals surface area contributed by atoms with Gasteiger partial charge in [-0.15, -0.1) is 0 Å². The molecule has 0 radical (unpaired) electrons. The molecule has 1 N–H and O–H groups in total. The highest BCUT2D eigenvalue weighted by Gasteiger charge is 2.38. The Hall–Kier alpha value is -2.81. The minimum absolute atomic E-state index is 0.276. The Balaban J connectivity index is 1.51. The summed E-state index contributed by atoms with van der Waals surface area (Å²) in [6.07, 6.45) is 6.57. The van der Waals surface area contributed by atoms with E-state index in [9.17, 15) is 13.2 Å². The normalized spacial score (nSPS) is 18.2. The minimum atomic E-state index is -3.41. The first kappa shape index (κ1) is 22.0. The van der Waals surface area contributed by atoms with Gasteiger partial charge in [-0.2, -0.15) is 10.4 Å². The van der Waals surface area contributed by atoms with Gasteiger partial charge in [0.2, 0.25) is 0 Å². The number of nitrogens with zero attached hydrogens (tertiary/aromatic N) is 4. The van der Waals surface area contributed by atoms with E-state index in [2.05, 4.69) is 15.4 Å². The number of fused-ring (bicyclic) bond motifs is 1. The summed E-state index contributed by atoms with van der Waals surface area (Å²) in [5, 5.41) is 16.9. The molecule has 172 valence electrons. The van der Waals surface area contributed by atoms with Crippen molar-refractivity contribution in [2.45, 2.75) is 48.3 Å². The molecule has 1 amide bonds. The number of nitriles is 1. The van der Waals surface area contributed by atoms with Crippen LogP contribution in [-0.2, 0) is 19.4 Å². The summed E-state index contributed by atoms with van der Waals surface area (Å²) in [4.78, 5) is 18.2. The van der Waals surface area contributed by atoms with E-state index < -0.39 is 15.9 Å². The molecule has 1 saturated heterocycles. The smallest absolute Gasteiger partial charge is 0.251 e. The molecule has 2 aromatic heterocycles. The number of carbonyl (C=O) groups excluding carboxylic acids is 1. The predicted octanol–water partition coefficient (Wildman–Crippen LogP) is 3.30. The van der Waals surface area contributed by atoms with Crippen LogP contribution in [0.5, 0.6) is 0 Å². The number of ether oxygens (including phenoxy) is 1. The second kappa shape index (κ2) is 8.85. The minimum Gasteiger partial charge on any atom is -0.381 e. The molecule has 33 heavy (non-hydrogen) atoms. The number of sulfone groups is 1. The Morgan fingerprint density at radius 2 is 2.06 bits per heavy atom. The molecule has 0 bridgehead atoms. The zero-order valence-electron chi connectivity index (χ0n) is 17.8. The van der Waals surface area contributed by atoms with Crippen molar-refractivity contribution in [2.75, 3.05) is 18.5 Å². The van der Waals surface area contributed by atoms with Crippen LogP contribution in [-0.4, -0.2) is 47.6 Å². The van der Waals surface area contributed by atoms with E-state index in [1.54, 1.807) is 29.1 Å². The molecule has 1 atom stereocenters. The van der Waals surface area contributed by atoms with Crippen molar-refractivity contribution >= 4 is 43.1 Å². The van der Waals surface area contributed by atoms with Crippen molar-refractivity contribution in [3.05, 3.63) is 35.5 Å². The summed E-state index contributed by atoms with van der Waals surface area (Å²) < 4.78 is 33.0. The average Bonchev–Trinajstić information content (AvgIpc) is 3.46. The molecule has 9 nitrogen and oxygen atoms in total. The molecule has 1 aromatic carbocycles. The first-order valence-electron chi connectivity index (χ1n) is 10.9. The highest BCUT2D eigenvalue weighted by molar-refractivity contribution is 7.92. The molecule has 0 spiro atoms. The van der Waals surface area contributed by atoms with Gasteiger partial charge >= 0.3 is 0 Å². The number of aromatic nitrogens is 3. The summed E-state index contributed by atoms with van der Waals surface area (Å²) in [6.45, 7) is 1.31. The first-order valence-corrected chi connectivity index (χ1v) is 13.3. The molecule has 2 aliphatic rings. The number of carbonyl (C=O) groups is 1. The second-order valence-corrected chi connectivity index (χ2v) is 11.7. The van der Waals surface area contributed by atoms with Gasteiger partial charge in [0, 0.05) is 18.6 Å². The fourth-order valence-corrected chi connectivity index (χ4v) is 6.75. The van der Waals surface area contributed by atoms with Gasteiger partial charge in [-0.3, -0.25) is 9.48 Å². The lowest BCUT2D eigenvalue weighted by Crippen LogP contribution is -2.30. The maximum absolute atomic E-state index is 13.4. The third kappa shape index (κ3) is 4.38. The Morgan fingerprint density at radius 1 is 1.27 bits per heavy atom. The number of nitrogens with one attached hydrogen (secondary N) is 1. The Morgan fingerprint density at radius 3 is 2.76 bits per heavy atom. The van der Waals surface area contributed by atoms with Crippen molar-refractivity contribution in [1.29, 1.82) is 5.26 Å². The number of thiazole rings is 1. The summed E-state index contributed by atoms with van der Waals surface area (Å²) in [6, 6.07) is 6.49. The summed E-state index contributed by atoms with van der Waals surface area (Å²) in [5.74, 6) is -0.0149. The number of hydrogen-bond acceptors (Lipinski definition) is 8. The number of hydrogen-bond donors (Lipinski definition) is 1. The molecule has 1 aliphatic carbocycles. The molecule has 1 unspecified atom stereocenters. The molecule has 2 fully saturated rings. The van der Waals surface area contributed by atoms with Crippen LogP contribution in [0.2, 0.25) is 0 Å². The lowest BCUT2D eigenvalue weighted by molar-refractivity contribution is -0.120. The second-order valence-electron chi connectivity index (χ2n) is 8.46. The maximum atomic E-state index is 13.4. The fraction of sp³-hybridized carbons (Fsp3) is 0.455. The van der Waals surface area contributed by atoms with Crippen LogP contribution in [0.1, 0.15) is 43.0 Å². The third-order valence-electron chi connectivity index (χ3n) is 6.21. The van der Waals surface area contributed by atoms with Crippen LogP contribution in [0.15, 0.2) is 35.5 Å². The van der Waals surface area contributed by atoms with Gasteiger partial charge in [0.25, 0.3) is 5.91 Å². The summed E-state index contributed by atoms with van der Waals surface area (Å²) >= 11 is 1.11. The predicted molar refractivity (Wildman–Crippen MR) is 123 cm³/mol. The van der Waals surface area contributed by atoms with Crippen molar-refractivity contribution in [3.63, 3.8) is 0 Å². The quantitative estimate of drug-likeness (QED) is 0.544. The van der Waals surface area contributed by atoms with Crippen LogP contribution in [0, 0.1) is 17.2 Å². The molecule has 1 aliphatic heterocycles. The van der Waals surface area contributed by atoms with Crippen LogP contribution in [0.25, 0.3) is 10.9 Å². The Bertz CT molecular complexity index is 1330. The molecule has 11 heteroatoms. The van der Waals surface area contributed by atoms with E-state index >= 15 is 0 Å². The van der Waals surface area contributed by atoms with Gasteiger partial charge in [-0.05, 0) is 50.2 Å². The standard InChI is InChI=1S/C22H23N5O4S2/c23-11-15-12-24-22(32-15)26-21(28)19(10-14-6-8-31-9-7-14)27-18-2-1-3-20(17(18)13-25-27)33(29,30)16-4-5-16/h1-3,12-14,16,19H,4-10H2,(H,24,26,28). The van der Waals surface area contributed by atoms with Crippen molar-refractivity contribution in [1.82, 2.24) is 14.8 Å². The summed E-state index contributed by atoms with van der Waals surface area (Å²) in [5.41, 5.74) is 0.612. The number of anilines is 1. The number of benzene rings is 1. The van der Waals surface area contributed by atoms with E-state index in [1.165, 1.54) is 6.20 Å². The first-order chi connectivity index (χ1) is 16.0. The lowest BCUT2D eigenvalue weighted by Gasteiger charge is -2.26. The van der Waals surface area contributed by atoms with Crippen LogP contribution >= 0.6 is 11.3 Å². The van der Waals surface area contributed by atoms with Gasteiger partial charge in [0.1, 0.15) is 17.0 Å². The van der Waals surface area contributed by atoms with Gasteiger partial charge in [-0.1, -0.05) is 17.4 Å². The highest BCUT2D eigenvalue weighted by Crippen LogP contribution is 2.37. The fourth-order valence-electron chi connectivity index (χ4n) is 4.29. The van der Waals surface area contributed by atoms with Crippen LogP contribution < -0.4 is 5.32 Å². The average molecular weight is 486 g/mol. The van der Waals surface area contributed by atoms with E-state index in [0.717, 1.165) is 24.2 Å². The number of rotatable bonds is 7. The number of amides is 1. The zero-order chi connectivity index (χ0) is 23.0. The molecule has 5 rings (SSSR count). The molecule has 3 heterocycles. The van der Waals surface area contributed by atoms with E-state index in [0.29, 0.717) is 53.4 Å². The van der Waals surface area contributed by atoms with Gasteiger partial charge in [0.05, 0.1) is 28.1 Å². The topological polar surface area (TPSA) is 127 Å². The zero-order valence-corrected chi connectivity index (χ0v) is 19.4. The summed E-state index contributed by atoms with van der Waals surface area (Å²) in [7, 11) is -3.41. The van der Waals surface area contributed by atoms with Gasteiger partial charge in [0.15, 0.2) is 15.0 Å². The maximum Gasteiger partial charge on any atom is 0.251 e. The molecule has 1 saturated carbocycles. The largest absolute Gasteiger partial charge is 0.381 e. The molecule has 3 aromatic rings. The van der Waals surface area contributed by atoms with Gasteiger partial charge < -0.3 is 10.1 Å². The Labute approximate surface area is 195 Å². The van der Waals surface area contributed by atoms with E-state index in [4.69, 9.17) is 10.00 Å². The molecular weight excluding hydrogens is 462 g/mol. The molecular formula is C22H23N5O4S2. The SMILES string of the molecule is N#Cc1cnc(NC(=O)C(CC2CCOCC2)n2ncc3c(S(=O)(=O)C4CC4)cccc32)s1. The monoisotopic (exact) mass is 485 g/mol. The van der Waals surface area contributed by atoms with Crippen LogP contribution in [0.4, 0.5) is 5.13 Å². The third-order valence-corrected chi connectivity index (χ3v) is 9.35. The van der Waals surface area contributed by atoms with Crippen molar-refractivity contribution in [2.24, 2.45) is 5.92 Å².